The molecule has 1 heterocycles. The van der Waals surface area contributed by atoms with Gasteiger partial charge in [-0.1, -0.05) is 24.3 Å². The lowest BCUT2D eigenvalue weighted by Crippen LogP contribution is -2.36. The number of hydrogen-bond donors (Lipinski definition) is 1. The maximum atomic E-state index is 12.1. The van der Waals surface area contributed by atoms with Gasteiger partial charge in [0, 0.05) is 0 Å². The number of benzene rings is 2. The van der Waals surface area contributed by atoms with E-state index in [1.807, 2.05) is 30.3 Å². The molecule has 0 saturated carbocycles. The van der Waals surface area contributed by atoms with E-state index in [-0.39, 0.29) is 11.9 Å². The lowest BCUT2D eigenvalue weighted by molar-refractivity contribution is -0.121. The summed E-state index contributed by atoms with van der Waals surface area (Å²) in [6.07, 6.45) is 0.359. The first-order valence-electron chi connectivity index (χ1n) is 7.23. The second kappa shape index (κ2) is 5.72. The van der Waals surface area contributed by atoms with Gasteiger partial charge in [-0.15, -0.1) is 0 Å². The van der Waals surface area contributed by atoms with E-state index in [1.54, 1.807) is 14.2 Å². The van der Waals surface area contributed by atoms with E-state index < -0.39 is 0 Å². The number of amides is 1. The van der Waals surface area contributed by atoms with Crippen LogP contribution in [0, 0.1) is 6.92 Å². The molecular weight excluding hydrogens is 278 g/mol. The van der Waals surface area contributed by atoms with Crippen molar-refractivity contribution in [1.29, 1.82) is 0 Å². The van der Waals surface area contributed by atoms with Crippen LogP contribution < -0.4 is 14.8 Å². The molecule has 4 nitrogen and oxygen atoms in total. The standard InChI is InChI=1S/C18H19NO3/c1-11-6-4-5-7-13(11)18-14-10-16(22-3)15(21-2)8-12(14)9-17(20)19-18/h4-8,10,18H,9H2,1-3H3,(H,19,20). The predicted octanol–water partition coefficient (Wildman–Crippen LogP) is 2.77. The van der Waals surface area contributed by atoms with Crippen molar-refractivity contribution in [3.05, 3.63) is 58.7 Å². The SMILES string of the molecule is COc1cc2c(cc1OC)C(c1ccccc1C)NC(=O)C2. The molecule has 1 aliphatic heterocycles. The molecule has 2 aromatic rings. The van der Waals surface area contributed by atoms with Crippen molar-refractivity contribution in [2.24, 2.45) is 0 Å². The molecule has 4 heteroatoms. The van der Waals surface area contributed by atoms with Crippen LogP contribution in [0.1, 0.15) is 28.3 Å². The smallest absolute Gasteiger partial charge is 0.225 e. The van der Waals surface area contributed by atoms with E-state index in [0.29, 0.717) is 17.9 Å². The van der Waals surface area contributed by atoms with Crippen LogP contribution in [-0.2, 0) is 11.2 Å². The van der Waals surface area contributed by atoms with E-state index in [1.165, 1.54) is 0 Å². The number of carbonyl (C=O) groups excluding carboxylic acids is 1. The Balaban J connectivity index is 2.16. The van der Waals surface area contributed by atoms with Crippen LogP contribution in [0.3, 0.4) is 0 Å². The quantitative estimate of drug-likeness (QED) is 0.947. The van der Waals surface area contributed by atoms with E-state index in [2.05, 4.69) is 18.3 Å². The van der Waals surface area contributed by atoms with Gasteiger partial charge in [0.25, 0.3) is 0 Å². The van der Waals surface area contributed by atoms with Gasteiger partial charge in [0.15, 0.2) is 11.5 Å². The number of ether oxygens (including phenoxy) is 2. The van der Waals surface area contributed by atoms with E-state index >= 15 is 0 Å². The highest BCUT2D eigenvalue weighted by Crippen LogP contribution is 2.38. The fourth-order valence-corrected chi connectivity index (χ4v) is 2.98. The molecule has 0 aromatic heterocycles. The van der Waals surface area contributed by atoms with Crippen molar-refractivity contribution < 1.29 is 14.3 Å². The molecule has 1 amide bonds. The predicted molar refractivity (Wildman–Crippen MR) is 84.4 cm³/mol. The van der Waals surface area contributed by atoms with Crippen molar-refractivity contribution in [2.75, 3.05) is 14.2 Å². The summed E-state index contributed by atoms with van der Waals surface area (Å²) in [5.41, 5.74) is 4.29. The summed E-state index contributed by atoms with van der Waals surface area (Å²) in [7, 11) is 3.22. The van der Waals surface area contributed by atoms with Gasteiger partial charge in [-0.2, -0.15) is 0 Å². The van der Waals surface area contributed by atoms with Crippen LogP contribution in [0.5, 0.6) is 11.5 Å². The number of hydrogen-bond acceptors (Lipinski definition) is 3. The maximum Gasteiger partial charge on any atom is 0.225 e. The van der Waals surface area contributed by atoms with Crippen molar-refractivity contribution >= 4 is 5.91 Å². The van der Waals surface area contributed by atoms with Crippen molar-refractivity contribution in [3.8, 4) is 11.5 Å². The zero-order valence-electron chi connectivity index (χ0n) is 13.0. The van der Waals surface area contributed by atoms with Crippen molar-refractivity contribution in [1.82, 2.24) is 5.32 Å². The number of rotatable bonds is 3. The van der Waals surface area contributed by atoms with Gasteiger partial charge in [-0.05, 0) is 41.3 Å². The monoisotopic (exact) mass is 297 g/mol. The van der Waals surface area contributed by atoms with Crippen molar-refractivity contribution in [2.45, 2.75) is 19.4 Å². The van der Waals surface area contributed by atoms with Crippen LogP contribution in [-0.4, -0.2) is 20.1 Å². The zero-order valence-corrected chi connectivity index (χ0v) is 13.0. The molecule has 2 aromatic carbocycles. The summed E-state index contributed by atoms with van der Waals surface area (Å²) >= 11 is 0. The molecule has 3 rings (SSSR count). The lowest BCUT2D eigenvalue weighted by Gasteiger charge is -2.29. The number of aryl methyl sites for hydroxylation is 1. The minimum absolute atomic E-state index is 0.0213. The summed E-state index contributed by atoms with van der Waals surface area (Å²) in [4.78, 5) is 12.1. The molecule has 0 fully saturated rings. The van der Waals surface area contributed by atoms with Gasteiger partial charge in [0.05, 0.1) is 26.7 Å². The van der Waals surface area contributed by atoms with Crippen molar-refractivity contribution in [3.63, 3.8) is 0 Å². The number of fused-ring (bicyclic) bond motifs is 1. The number of methoxy groups -OCH3 is 2. The van der Waals surface area contributed by atoms with Gasteiger partial charge in [-0.3, -0.25) is 4.79 Å². The van der Waals surface area contributed by atoms with Gasteiger partial charge >= 0.3 is 0 Å². The Morgan fingerprint density at radius 2 is 1.73 bits per heavy atom. The highest BCUT2D eigenvalue weighted by molar-refractivity contribution is 5.83. The Hall–Kier alpha value is -2.49. The highest BCUT2D eigenvalue weighted by Gasteiger charge is 2.28. The highest BCUT2D eigenvalue weighted by atomic mass is 16.5. The van der Waals surface area contributed by atoms with E-state index in [4.69, 9.17) is 9.47 Å². The molecule has 0 radical (unpaired) electrons. The van der Waals surface area contributed by atoms with Crippen LogP contribution in [0.4, 0.5) is 0 Å². The summed E-state index contributed by atoms with van der Waals surface area (Å²) in [6.45, 7) is 2.05. The molecule has 1 N–H and O–H groups in total. The normalized spacial score (nSPS) is 16.7. The average Bonchev–Trinajstić information content (AvgIpc) is 2.53. The first kappa shape index (κ1) is 14.4. The van der Waals surface area contributed by atoms with Crippen LogP contribution in [0.25, 0.3) is 0 Å². The number of carbonyl (C=O) groups is 1. The second-order valence-electron chi connectivity index (χ2n) is 5.44. The Labute approximate surface area is 130 Å². The molecule has 22 heavy (non-hydrogen) atoms. The van der Waals surface area contributed by atoms with Crippen LogP contribution in [0.15, 0.2) is 36.4 Å². The first-order valence-corrected chi connectivity index (χ1v) is 7.23. The number of nitrogens with one attached hydrogen (secondary N) is 1. The minimum atomic E-state index is -0.155. The van der Waals surface area contributed by atoms with Crippen LogP contribution >= 0.6 is 0 Å². The molecule has 114 valence electrons. The molecule has 0 bridgehead atoms. The van der Waals surface area contributed by atoms with Gasteiger partial charge in [0.2, 0.25) is 5.91 Å². The van der Waals surface area contributed by atoms with E-state index in [0.717, 1.165) is 22.3 Å². The van der Waals surface area contributed by atoms with Gasteiger partial charge in [0.1, 0.15) is 0 Å². The first-order chi connectivity index (χ1) is 10.6. The Bertz CT molecular complexity index is 724. The molecule has 1 aliphatic rings. The summed E-state index contributed by atoms with van der Waals surface area (Å²) in [5, 5.41) is 3.08. The zero-order chi connectivity index (χ0) is 15.7. The molecule has 0 aliphatic carbocycles. The fraction of sp³-hybridized carbons (Fsp3) is 0.278. The van der Waals surface area contributed by atoms with Gasteiger partial charge in [-0.25, -0.2) is 0 Å². The maximum absolute atomic E-state index is 12.1. The molecular formula is C18H19NO3. The summed E-state index contributed by atoms with van der Waals surface area (Å²) in [6, 6.07) is 11.8. The third-order valence-corrected chi connectivity index (χ3v) is 4.11. The third kappa shape index (κ3) is 2.41. The minimum Gasteiger partial charge on any atom is -0.493 e. The average molecular weight is 297 g/mol. The third-order valence-electron chi connectivity index (χ3n) is 4.11. The summed E-state index contributed by atoms with van der Waals surface area (Å²) in [5.74, 6) is 1.35. The largest absolute Gasteiger partial charge is 0.493 e. The lowest BCUT2D eigenvalue weighted by atomic mass is 9.87. The van der Waals surface area contributed by atoms with Crippen LogP contribution in [0.2, 0.25) is 0 Å². The van der Waals surface area contributed by atoms with Gasteiger partial charge < -0.3 is 14.8 Å². The molecule has 0 spiro atoms. The fourth-order valence-electron chi connectivity index (χ4n) is 2.98. The molecule has 1 unspecified atom stereocenters. The Kier molecular flexibility index (Phi) is 3.75. The Morgan fingerprint density at radius 1 is 1.05 bits per heavy atom. The second-order valence-corrected chi connectivity index (χ2v) is 5.44. The summed E-state index contributed by atoms with van der Waals surface area (Å²) < 4.78 is 10.8. The molecule has 0 saturated heterocycles. The molecule has 1 atom stereocenters. The topological polar surface area (TPSA) is 47.6 Å². The van der Waals surface area contributed by atoms with E-state index in [9.17, 15) is 4.79 Å². The Morgan fingerprint density at radius 3 is 2.41 bits per heavy atom.